The fourth-order valence-corrected chi connectivity index (χ4v) is 5.21. The molecule has 0 aromatic heterocycles. The molecule has 0 fully saturated rings. The number of aliphatic hydroxyl groups excluding tert-OH is 1. The molecule has 2 atom stereocenters. The molecule has 0 rings (SSSR count). The Bertz CT molecular complexity index is 889. The molecule has 0 radical (unpaired) electrons. The predicted molar refractivity (Wildman–Crippen MR) is 179 cm³/mol. The third kappa shape index (κ3) is 29.5. The Morgan fingerprint density at radius 1 is 0.667 bits per heavy atom. The lowest BCUT2D eigenvalue weighted by molar-refractivity contribution is -0.122. The molecular weight excluding hydrogens is 546 g/mol. The van der Waals surface area contributed by atoms with Crippen LogP contribution >= 0.6 is 0 Å². The van der Waals surface area contributed by atoms with Crippen molar-refractivity contribution in [2.75, 3.05) is 5.75 Å². The van der Waals surface area contributed by atoms with Crippen LogP contribution in [0.3, 0.4) is 0 Å². The minimum Gasteiger partial charge on any atom is -0.387 e. The highest BCUT2D eigenvalue weighted by molar-refractivity contribution is 7.85. The van der Waals surface area contributed by atoms with Crippen molar-refractivity contribution in [3.05, 3.63) is 60.8 Å². The van der Waals surface area contributed by atoms with Gasteiger partial charge in [0.05, 0.1) is 17.9 Å². The summed E-state index contributed by atoms with van der Waals surface area (Å²) in [7, 11) is -4.36. The number of aliphatic hydroxyl groups is 1. The van der Waals surface area contributed by atoms with Crippen LogP contribution in [0.4, 0.5) is 0 Å². The van der Waals surface area contributed by atoms with Crippen LogP contribution in [0.5, 0.6) is 0 Å². The van der Waals surface area contributed by atoms with Crippen LogP contribution in [-0.2, 0) is 14.9 Å². The van der Waals surface area contributed by atoms with Crippen molar-refractivity contribution in [1.82, 2.24) is 5.32 Å². The maximum Gasteiger partial charge on any atom is 0.267 e. The molecule has 42 heavy (non-hydrogen) atoms. The van der Waals surface area contributed by atoms with Gasteiger partial charge in [0.2, 0.25) is 5.91 Å². The molecule has 0 bridgehead atoms. The summed E-state index contributed by atoms with van der Waals surface area (Å²) in [5.41, 5.74) is 0. The van der Waals surface area contributed by atoms with Gasteiger partial charge >= 0.3 is 0 Å². The predicted octanol–water partition coefficient (Wildman–Crippen LogP) is 8.95. The third-order valence-electron chi connectivity index (χ3n) is 6.93. The van der Waals surface area contributed by atoms with Gasteiger partial charge in [-0.2, -0.15) is 8.42 Å². The van der Waals surface area contributed by atoms with Crippen LogP contribution in [-0.4, -0.2) is 41.9 Å². The highest BCUT2D eigenvalue weighted by Crippen LogP contribution is 2.10. The topological polar surface area (TPSA) is 104 Å². The average molecular weight is 608 g/mol. The number of nitrogens with one attached hydrogen (secondary N) is 1. The second-order valence-corrected chi connectivity index (χ2v) is 12.5. The molecule has 0 saturated carbocycles. The van der Waals surface area contributed by atoms with Gasteiger partial charge < -0.3 is 10.4 Å². The van der Waals surface area contributed by atoms with Gasteiger partial charge in [0, 0.05) is 6.42 Å². The summed E-state index contributed by atoms with van der Waals surface area (Å²) in [5, 5.41) is 13.1. The van der Waals surface area contributed by atoms with E-state index in [1.54, 1.807) is 6.08 Å². The summed E-state index contributed by atoms with van der Waals surface area (Å²) >= 11 is 0. The van der Waals surface area contributed by atoms with Gasteiger partial charge in [0.1, 0.15) is 0 Å². The van der Waals surface area contributed by atoms with Gasteiger partial charge in [-0.05, 0) is 64.2 Å². The van der Waals surface area contributed by atoms with Crippen LogP contribution in [0, 0.1) is 0 Å². The van der Waals surface area contributed by atoms with Crippen LogP contribution in [0.1, 0.15) is 136 Å². The number of allylic oxidation sites excluding steroid dienone is 9. The van der Waals surface area contributed by atoms with Gasteiger partial charge in [-0.25, -0.2) is 0 Å². The van der Waals surface area contributed by atoms with Crippen LogP contribution in [0.2, 0.25) is 0 Å². The zero-order valence-electron chi connectivity index (χ0n) is 26.6. The van der Waals surface area contributed by atoms with Gasteiger partial charge in [-0.1, -0.05) is 126 Å². The first kappa shape index (κ1) is 40.0. The number of rotatable bonds is 28. The fraction of sp³-hybridized carbons (Fsp3) is 0.686. The largest absolute Gasteiger partial charge is 0.387 e. The van der Waals surface area contributed by atoms with E-state index in [0.717, 1.165) is 51.4 Å². The maximum atomic E-state index is 12.4. The first-order valence-corrected chi connectivity index (χ1v) is 18.1. The Morgan fingerprint density at radius 3 is 1.79 bits per heavy atom. The molecule has 242 valence electrons. The second kappa shape index (κ2) is 29.1. The van der Waals surface area contributed by atoms with E-state index in [1.165, 1.54) is 57.4 Å². The van der Waals surface area contributed by atoms with Crippen molar-refractivity contribution < 1.29 is 22.9 Å². The lowest BCUT2D eigenvalue weighted by atomic mass is 10.1. The monoisotopic (exact) mass is 607 g/mol. The summed E-state index contributed by atoms with van der Waals surface area (Å²) in [6, 6.07) is -1.09. The Kier molecular flexibility index (Phi) is 27.8. The van der Waals surface area contributed by atoms with Crippen LogP contribution in [0.25, 0.3) is 0 Å². The first-order chi connectivity index (χ1) is 20.3. The normalized spacial score (nSPS) is 14.3. The Balaban J connectivity index is 4.19. The van der Waals surface area contributed by atoms with E-state index < -0.39 is 28.0 Å². The number of hydrogen-bond donors (Lipinski definition) is 3. The molecule has 2 unspecified atom stereocenters. The second-order valence-electron chi connectivity index (χ2n) is 11.0. The minimum atomic E-state index is -4.36. The summed E-state index contributed by atoms with van der Waals surface area (Å²) in [6.07, 6.45) is 39.2. The zero-order chi connectivity index (χ0) is 31.2. The Hall–Kier alpha value is -1.96. The molecule has 0 heterocycles. The molecule has 7 heteroatoms. The third-order valence-corrected chi connectivity index (χ3v) is 7.71. The number of carbonyl (C=O) groups is 1. The highest BCUT2D eigenvalue weighted by atomic mass is 32.2. The van der Waals surface area contributed by atoms with E-state index >= 15 is 0 Å². The number of carbonyl (C=O) groups excluding carboxylic acids is 1. The molecule has 0 aromatic rings. The van der Waals surface area contributed by atoms with E-state index in [-0.39, 0.29) is 12.3 Å². The van der Waals surface area contributed by atoms with Crippen molar-refractivity contribution in [3.8, 4) is 0 Å². The zero-order valence-corrected chi connectivity index (χ0v) is 27.4. The molecule has 0 saturated heterocycles. The molecular formula is C35H61NO5S. The molecule has 0 aliphatic rings. The molecule has 6 nitrogen and oxygen atoms in total. The highest BCUT2D eigenvalue weighted by Gasteiger charge is 2.24. The number of unbranched alkanes of at least 4 members (excludes halogenated alkanes) is 12. The van der Waals surface area contributed by atoms with Gasteiger partial charge in [0.25, 0.3) is 10.1 Å². The lowest BCUT2D eigenvalue weighted by Crippen LogP contribution is -2.46. The van der Waals surface area contributed by atoms with Crippen LogP contribution < -0.4 is 5.32 Å². The number of amides is 1. The minimum absolute atomic E-state index is 0.250. The van der Waals surface area contributed by atoms with Crippen molar-refractivity contribution >= 4 is 16.0 Å². The van der Waals surface area contributed by atoms with Gasteiger partial charge in [0.15, 0.2) is 0 Å². The quantitative estimate of drug-likeness (QED) is 0.0468. The smallest absolute Gasteiger partial charge is 0.267 e. The molecule has 0 aliphatic heterocycles. The van der Waals surface area contributed by atoms with E-state index in [0.29, 0.717) is 12.8 Å². The average Bonchev–Trinajstić information content (AvgIpc) is 2.94. The van der Waals surface area contributed by atoms with Crippen molar-refractivity contribution in [2.45, 2.75) is 148 Å². The maximum absolute atomic E-state index is 12.4. The van der Waals surface area contributed by atoms with Gasteiger partial charge in [-0.15, -0.1) is 0 Å². The van der Waals surface area contributed by atoms with Crippen molar-refractivity contribution in [2.24, 2.45) is 0 Å². The van der Waals surface area contributed by atoms with E-state index in [4.69, 9.17) is 0 Å². The molecule has 1 amide bonds. The number of hydrogen-bond acceptors (Lipinski definition) is 4. The standard InChI is InChI=1S/C35H61NO5S/c1-3-5-7-9-11-13-15-17-19-20-22-24-26-28-30-34(37)33(32-42(39,40)41)36-35(38)31-29-27-25-23-21-18-16-14-12-10-8-6-4-2/h6,8,12,14,18,20-22,28,30,33-34,37H,3-5,7,9-11,13,15-17,19,23-27,29,31-32H2,1-2H3,(H,36,38)(H,39,40,41)/b8-6-,14-12-,21-18-,22-20+,30-28+. The van der Waals surface area contributed by atoms with E-state index in [1.807, 2.05) is 0 Å². The SMILES string of the molecule is CC/C=C\C/C=C\C/C=C\CCCCCC(=O)NC(CS(=O)(=O)O)C(O)/C=C/CC/C=C/CCCCCCCCCC. The molecule has 3 N–H and O–H groups in total. The summed E-state index contributed by atoms with van der Waals surface area (Å²) in [6.45, 7) is 4.36. The Morgan fingerprint density at radius 2 is 1.17 bits per heavy atom. The fourth-order valence-electron chi connectivity index (χ4n) is 4.48. The van der Waals surface area contributed by atoms with E-state index in [9.17, 15) is 22.9 Å². The molecule has 0 aromatic carbocycles. The summed E-state index contributed by atoms with van der Waals surface area (Å²) < 4.78 is 32.2. The van der Waals surface area contributed by atoms with E-state index in [2.05, 4.69) is 67.8 Å². The molecule has 0 spiro atoms. The van der Waals surface area contributed by atoms with Crippen LogP contribution in [0.15, 0.2) is 60.8 Å². The summed E-state index contributed by atoms with van der Waals surface area (Å²) in [4.78, 5) is 12.4. The lowest BCUT2D eigenvalue weighted by Gasteiger charge is -2.21. The molecule has 0 aliphatic carbocycles. The Labute approximate surface area is 258 Å². The first-order valence-electron chi connectivity index (χ1n) is 16.5. The van der Waals surface area contributed by atoms with Crippen molar-refractivity contribution in [3.63, 3.8) is 0 Å². The van der Waals surface area contributed by atoms with Gasteiger partial charge in [-0.3, -0.25) is 9.35 Å². The van der Waals surface area contributed by atoms with Crippen molar-refractivity contribution in [1.29, 1.82) is 0 Å². The summed E-state index contributed by atoms with van der Waals surface area (Å²) in [5.74, 6) is -1.05.